The molecule has 1 aliphatic rings. The monoisotopic (exact) mass is 284 g/mol. The number of carbonyl (C=O) groups is 1. The van der Waals surface area contributed by atoms with E-state index in [2.05, 4.69) is 10.1 Å². The van der Waals surface area contributed by atoms with Crippen LogP contribution in [0.4, 0.5) is 0 Å². The zero-order chi connectivity index (χ0) is 14.7. The van der Waals surface area contributed by atoms with Crippen LogP contribution in [0.1, 0.15) is 30.1 Å². The van der Waals surface area contributed by atoms with E-state index in [0.29, 0.717) is 12.5 Å². The smallest absolute Gasteiger partial charge is 0.227 e. The van der Waals surface area contributed by atoms with Crippen LogP contribution in [0.2, 0.25) is 0 Å². The molecule has 110 valence electrons. The lowest BCUT2D eigenvalue weighted by atomic mass is 10.0. The summed E-state index contributed by atoms with van der Waals surface area (Å²) in [4.78, 5) is 18.6. The normalized spacial score (nSPS) is 18.7. The van der Waals surface area contributed by atoms with Gasteiger partial charge in [-0.15, -0.1) is 0 Å². The topological polar surface area (TPSA) is 51.0 Å². The van der Waals surface area contributed by atoms with E-state index in [0.717, 1.165) is 37.2 Å². The molecule has 21 heavy (non-hydrogen) atoms. The van der Waals surface area contributed by atoms with Gasteiger partial charge >= 0.3 is 0 Å². The SMILES string of the molecule is Cc1ccc(CC(=O)N2CCC[C@@H](n3cccn3)C2)cn1. The third kappa shape index (κ3) is 3.29. The van der Waals surface area contributed by atoms with E-state index in [-0.39, 0.29) is 5.91 Å². The van der Waals surface area contributed by atoms with E-state index in [9.17, 15) is 4.79 Å². The highest BCUT2D eigenvalue weighted by atomic mass is 16.2. The quantitative estimate of drug-likeness (QED) is 0.866. The molecule has 1 amide bonds. The van der Waals surface area contributed by atoms with Gasteiger partial charge in [0.1, 0.15) is 0 Å². The van der Waals surface area contributed by atoms with E-state index >= 15 is 0 Å². The Morgan fingerprint density at radius 3 is 3.05 bits per heavy atom. The van der Waals surface area contributed by atoms with E-state index in [1.807, 2.05) is 40.9 Å². The van der Waals surface area contributed by atoms with Gasteiger partial charge < -0.3 is 4.90 Å². The molecule has 1 atom stereocenters. The van der Waals surface area contributed by atoms with Crippen LogP contribution in [0.3, 0.4) is 0 Å². The average molecular weight is 284 g/mol. The van der Waals surface area contributed by atoms with Crippen molar-refractivity contribution in [3.05, 3.63) is 48.0 Å². The van der Waals surface area contributed by atoms with Gasteiger partial charge in [-0.1, -0.05) is 6.07 Å². The number of nitrogens with zero attached hydrogens (tertiary/aromatic N) is 4. The molecule has 1 aliphatic heterocycles. The van der Waals surface area contributed by atoms with Crippen molar-refractivity contribution in [3.63, 3.8) is 0 Å². The van der Waals surface area contributed by atoms with Crippen LogP contribution >= 0.6 is 0 Å². The van der Waals surface area contributed by atoms with Gasteiger partial charge in [0.15, 0.2) is 0 Å². The van der Waals surface area contributed by atoms with Gasteiger partial charge in [0.25, 0.3) is 0 Å². The average Bonchev–Trinajstić information content (AvgIpc) is 3.04. The maximum absolute atomic E-state index is 12.4. The summed E-state index contributed by atoms with van der Waals surface area (Å²) in [5.41, 5.74) is 1.95. The number of aryl methyl sites for hydroxylation is 1. The van der Waals surface area contributed by atoms with Crippen molar-refractivity contribution in [2.75, 3.05) is 13.1 Å². The first kappa shape index (κ1) is 13.8. The van der Waals surface area contributed by atoms with Gasteiger partial charge in [-0.3, -0.25) is 14.5 Å². The van der Waals surface area contributed by atoms with Gasteiger partial charge in [-0.25, -0.2) is 0 Å². The molecular weight excluding hydrogens is 264 g/mol. The molecule has 1 fully saturated rings. The predicted octanol–water partition coefficient (Wildman–Crippen LogP) is 1.99. The Morgan fingerprint density at radius 2 is 2.33 bits per heavy atom. The zero-order valence-corrected chi connectivity index (χ0v) is 12.3. The summed E-state index contributed by atoms with van der Waals surface area (Å²) in [5, 5.41) is 4.30. The number of pyridine rings is 1. The van der Waals surface area contributed by atoms with Crippen molar-refractivity contribution >= 4 is 5.91 Å². The summed E-state index contributed by atoms with van der Waals surface area (Å²) in [6.07, 6.45) is 8.10. The number of amides is 1. The second kappa shape index (κ2) is 6.08. The number of hydrogen-bond donors (Lipinski definition) is 0. The van der Waals surface area contributed by atoms with Gasteiger partial charge in [0.2, 0.25) is 5.91 Å². The minimum Gasteiger partial charge on any atom is -0.340 e. The summed E-state index contributed by atoms with van der Waals surface area (Å²) in [6, 6.07) is 6.16. The number of likely N-dealkylation sites (tertiary alicyclic amines) is 1. The van der Waals surface area contributed by atoms with E-state index in [4.69, 9.17) is 0 Å². The fraction of sp³-hybridized carbons (Fsp3) is 0.438. The summed E-state index contributed by atoms with van der Waals surface area (Å²) in [6.45, 7) is 3.54. The molecule has 2 aromatic rings. The molecule has 1 saturated heterocycles. The first-order chi connectivity index (χ1) is 10.2. The van der Waals surface area contributed by atoms with Crippen molar-refractivity contribution in [2.45, 2.75) is 32.2 Å². The Morgan fingerprint density at radius 1 is 1.43 bits per heavy atom. The predicted molar refractivity (Wildman–Crippen MR) is 79.8 cm³/mol. The first-order valence-electron chi connectivity index (χ1n) is 7.41. The molecule has 0 spiro atoms. The number of carbonyl (C=O) groups excluding carboxylic acids is 1. The Bertz CT molecular complexity index is 591. The third-order valence-corrected chi connectivity index (χ3v) is 3.98. The first-order valence-corrected chi connectivity index (χ1v) is 7.41. The van der Waals surface area contributed by atoms with Crippen LogP contribution in [0.15, 0.2) is 36.8 Å². The highest BCUT2D eigenvalue weighted by Gasteiger charge is 2.24. The van der Waals surface area contributed by atoms with Crippen LogP contribution in [0.25, 0.3) is 0 Å². The molecule has 0 unspecified atom stereocenters. The fourth-order valence-electron chi connectivity index (χ4n) is 2.78. The third-order valence-electron chi connectivity index (χ3n) is 3.98. The summed E-state index contributed by atoms with van der Waals surface area (Å²) < 4.78 is 1.97. The molecule has 2 aromatic heterocycles. The van der Waals surface area contributed by atoms with Crippen LogP contribution in [-0.4, -0.2) is 38.7 Å². The highest BCUT2D eigenvalue weighted by molar-refractivity contribution is 5.78. The van der Waals surface area contributed by atoms with Crippen molar-refractivity contribution in [2.24, 2.45) is 0 Å². The zero-order valence-electron chi connectivity index (χ0n) is 12.3. The van der Waals surface area contributed by atoms with Gasteiger partial charge in [-0.2, -0.15) is 5.10 Å². The molecular formula is C16H20N4O. The molecule has 3 heterocycles. The molecule has 0 N–H and O–H groups in total. The number of aromatic nitrogens is 3. The molecule has 0 aliphatic carbocycles. The molecule has 0 aromatic carbocycles. The molecule has 5 heteroatoms. The van der Waals surface area contributed by atoms with Gasteiger partial charge in [0, 0.05) is 37.4 Å². The summed E-state index contributed by atoms with van der Waals surface area (Å²) >= 11 is 0. The number of piperidine rings is 1. The van der Waals surface area contributed by atoms with E-state index in [1.165, 1.54) is 0 Å². The minimum absolute atomic E-state index is 0.178. The Hall–Kier alpha value is -2.17. The van der Waals surface area contributed by atoms with Crippen molar-refractivity contribution in [1.29, 1.82) is 0 Å². The maximum atomic E-state index is 12.4. The second-order valence-corrected chi connectivity index (χ2v) is 5.61. The number of rotatable bonds is 3. The fourth-order valence-corrected chi connectivity index (χ4v) is 2.78. The maximum Gasteiger partial charge on any atom is 0.227 e. The van der Waals surface area contributed by atoms with Gasteiger partial charge in [0.05, 0.1) is 12.5 Å². The Labute approximate surface area is 124 Å². The van der Waals surface area contributed by atoms with Crippen LogP contribution < -0.4 is 0 Å². The second-order valence-electron chi connectivity index (χ2n) is 5.61. The van der Waals surface area contributed by atoms with Crippen molar-refractivity contribution < 1.29 is 4.79 Å². The van der Waals surface area contributed by atoms with Crippen LogP contribution in [0.5, 0.6) is 0 Å². The van der Waals surface area contributed by atoms with E-state index < -0.39 is 0 Å². The lowest BCUT2D eigenvalue weighted by Gasteiger charge is -2.33. The lowest BCUT2D eigenvalue weighted by Crippen LogP contribution is -2.41. The van der Waals surface area contributed by atoms with Crippen molar-refractivity contribution in [3.8, 4) is 0 Å². The van der Waals surface area contributed by atoms with Gasteiger partial charge in [-0.05, 0) is 37.5 Å². The number of hydrogen-bond acceptors (Lipinski definition) is 3. The summed E-state index contributed by atoms with van der Waals surface area (Å²) in [5.74, 6) is 0.178. The highest BCUT2D eigenvalue weighted by Crippen LogP contribution is 2.21. The molecule has 0 radical (unpaired) electrons. The molecule has 5 nitrogen and oxygen atoms in total. The van der Waals surface area contributed by atoms with Crippen LogP contribution in [-0.2, 0) is 11.2 Å². The molecule has 0 saturated carbocycles. The Kier molecular flexibility index (Phi) is 3.99. The Balaban J connectivity index is 1.63. The van der Waals surface area contributed by atoms with E-state index in [1.54, 1.807) is 12.4 Å². The minimum atomic E-state index is 0.178. The standard InChI is InChI=1S/C16H20N4O/c1-13-5-6-14(11-17-13)10-16(21)19-8-2-4-15(12-19)20-9-3-7-18-20/h3,5-7,9,11,15H,2,4,8,10,12H2,1H3/t15-/m1/s1. The molecule has 0 bridgehead atoms. The largest absolute Gasteiger partial charge is 0.340 e. The molecule has 3 rings (SSSR count). The van der Waals surface area contributed by atoms with Crippen LogP contribution in [0, 0.1) is 6.92 Å². The summed E-state index contributed by atoms with van der Waals surface area (Å²) in [7, 11) is 0. The lowest BCUT2D eigenvalue weighted by molar-refractivity contribution is -0.132. The van der Waals surface area contributed by atoms with Crippen molar-refractivity contribution in [1.82, 2.24) is 19.7 Å².